The van der Waals surface area contributed by atoms with Crippen molar-refractivity contribution in [3.63, 3.8) is 0 Å². The fourth-order valence-electron chi connectivity index (χ4n) is 5.02. The minimum Gasteiger partial charge on any atom is -0.493 e. The van der Waals surface area contributed by atoms with Crippen molar-refractivity contribution >= 4 is 5.91 Å². The molecule has 10 nitrogen and oxygen atoms in total. The van der Waals surface area contributed by atoms with Crippen molar-refractivity contribution in [2.75, 3.05) is 20.8 Å². The molecule has 34 heavy (non-hydrogen) atoms. The van der Waals surface area contributed by atoms with Gasteiger partial charge in [0.1, 0.15) is 17.5 Å². The number of fused-ring (bicyclic) bond motifs is 5. The second-order valence-corrected chi connectivity index (χ2v) is 8.49. The van der Waals surface area contributed by atoms with Crippen LogP contribution < -0.4 is 15.2 Å². The number of nitrogens with zero attached hydrogens (tertiary/aromatic N) is 5. The Bertz CT molecular complexity index is 1420. The highest BCUT2D eigenvalue weighted by Gasteiger charge is 2.49. The summed E-state index contributed by atoms with van der Waals surface area (Å²) in [6, 6.07) is 8.39. The lowest BCUT2D eigenvalue weighted by atomic mass is 10.1. The van der Waals surface area contributed by atoms with Gasteiger partial charge in [-0.2, -0.15) is 5.26 Å². The zero-order valence-corrected chi connectivity index (χ0v) is 19.0. The van der Waals surface area contributed by atoms with Gasteiger partial charge in [-0.25, -0.2) is 14.3 Å². The SMILES string of the molecule is COc1ccc(CC(=O)N2C[C@@H]3C[C@H]2c2c(O)n(-c4cnc(C#N)c(C)c4)c(=O)n23)cc1OC. The maximum Gasteiger partial charge on any atom is 0.336 e. The molecule has 1 fully saturated rings. The summed E-state index contributed by atoms with van der Waals surface area (Å²) in [5.41, 5.74) is 2.08. The summed E-state index contributed by atoms with van der Waals surface area (Å²) in [5.74, 6) is 0.834. The van der Waals surface area contributed by atoms with Gasteiger partial charge in [0, 0.05) is 6.54 Å². The highest BCUT2D eigenvalue weighted by Crippen LogP contribution is 2.48. The van der Waals surface area contributed by atoms with Crippen LogP contribution in [0.4, 0.5) is 0 Å². The smallest absolute Gasteiger partial charge is 0.336 e. The normalized spacial score (nSPS) is 18.0. The van der Waals surface area contributed by atoms with Gasteiger partial charge in [0.25, 0.3) is 0 Å². The van der Waals surface area contributed by atoms with Crippen LogP contribution >= 0.6 is 0 Å². The first-order valence-electron chi connectivity index (χ1n) is 10.8. The largest absolute Gasteiger partial charge is 0.493 e. The molecule has 2 aliphatic rings. The van der Waals surface area contributed by atoms with Crippen LogP contribution in [0.25, 0.3) is 5.69 Å². The molecule has 1 saturated heterocycles. The fourth-order valence-corrected chi connectivity index (χ4v) is 5.02. The number of benzene rings is 1. The van der Waals surface area contributed by atoms with Crippen LogP contribution in [0.15, 0.2) is 35.3 Å². The first-order valence-corrected chi connectivity index (χ1v) is 10.8. The number of likely N-dealkylation sites (tertiary alicyclic amines) is 1. The van der Waals surface area contributed by atoms with E-state index in [4.69, 9.17) is 14.7 Å². The number of pyridine rings is 1. The summed E-state index contributed by atoms with van der Waals surface area (Å²) in [5, 5.41) is 20.1. The number of ether oxygens (including phenoxy) is 2. The van der Waals surface area contributed by atoms with Gasteiger partial charge < -0.3 is 19.5 Å². The molecule has 0 aliphatic carbocycles. The number of hydrogen-bond acceptors (Lipinski definition) is 7. The predicted octanol–water partition coefficient (Wildman–Crippen LogP) is 2.01. The Hall–Kier alpha value is -4.26. The topological polar surface area (TPSA) is 123 Å². The summed E-state index contributed by atoms with van der Waals surface area (Å²) >= 11 is 0. The maximum absolute atomic E-state index is 13.2. The maximum atomic E-state index is 13.2. The number of aryl methyl sites for hydroxylation is 1. The number of carbonyl (C=O) groups is 1. The number of hydrogen-bond donors (Lipinski definition) is 1. The lowest BCUT2D eigenvalue weighted by molar-refractivity contribution is -0.132. The summed E-state index contributed by atoms with van der Waals surface area (Å²) in [7, 11) is 3.09. The van der Waals surface area contributed by atoms with E-state index in [-0.39, 0.29) is 41.7 Å². The van der Waals surface area contributed by atoms with E-state index in [1.807, 2.05) is 12.1 Å². The minimum absolute atomic E-state index is 0.0959. The van der Waals surface area contributed by atoms with Crippen LogP contribution in [0, 0.1) is 18.3 Å². The fraction of sp³-hybridized carbons (Fsp3) is 0.333. The molecule has 0 saturated carbocycles. The molecular formula is C24H23N5O5. The van der Waals surface area contributed by atoms with Gasteiger partial charge >= 0.3 is 5.69 Å². The summed E-state index contributed by atoms with van der Waals surface area (Å²) in [6.07, 6.45) is 2.14. The van der Waals surface area contributed by atoms with E-state index >= 15 is 0 Å². The van der Waals surface area contributed by atoms with Crippen LogP contribution in [-0.4, -0.2) is 50.8 Å². The lowest BCUT2D eigenvalue weighted by Gasteiger charge is -2.28. The third-order valence-corrected chi connectivity index (χ3v) is 6.61. The molecule has 5 rings (SSSR count). The van der Waals surface area contributed by atoms with E-state index in [0.29, 0.717) is 41.4 Å². The minimum atomic E-state index is -0.390. The highest BCUT2D eigenvalue weighted by atomic mass is 16.5. The van der Waals surface area contributed by atoms with Crippen LogP contribution in [0.3, 0.4) is 0 Å². The number of aromatic hydroxyl groups is 1. The molecule has 10 heteroatoms. The van der Waals surface area contributed by atoms with Crippen LogP contribution in [0.2, 0.25) is 0 Å². The van der Waals surface area contributed by atoms with Crippen LogP contribution in [0.5, 0.6) is 17.4 Å². The average Bonchev–Trinajstić information content (AvgIpc) is 3.50. The van der Waals surface area contributed by atoms with Crippen molar-refractivity contribution in [1.82, 2.24) is 19.0 Å². The Morgan fingerprint density at radius 1 is 1.26 bits per heavy atom. The molecule has 4 heterocycles. The molecule has 2 bridgehead atoms. The van der Waals surface area contributed by atoms with E-state index in [1.54, 1.807) is 48.8 Å². The molecule has 174 valence electrons. The molecule has 1 amide bonds. The zero-order valence-electron chi connectivity index (χ0n) is 19.0. The van der Waals surface area contributed by atoms with Crippen LogP contribution in [0.1, 0.15) is 41.0 Å². The van der Waals surface area contributed by atoms with Gasteiger partial charge in [-0.1, -0.05) is 6.07 Å². The van der Waals surface area contributed by atoms with E-state index < -0.39 is 0 Å². The Morgan fingerprint density at radius 2 is 2.03 bits per heavy atom. The predicted molar refractivity (Wildman–Crippen MR) is 120 cm³/mol. The molecule has 3 aromatic rings. The lowest BCUT2D eigenvalue weighted by Crippen LogP contribution is -2.38. The monoisotopic (exact) mass is 461 g/mol. The second kappa shape index (κ2) is 7.95. The third-order valence-electron chi connectivity index (χ3n) is 6.61. The van der Waals surface area contributed by atoms with E-state index in [2.05, 4.69) is 4.98 Å². The number of methoxy groups -OCH3 is 2. The molecule has 1 N–H and O–H groups in total. The summed E-state index contributed by atoms with van der Waals surface area (Å²) in [4.78, 5) is 32.2. The third kappa shape index (κ3) is 3.12. The number of aromatic nitrogens is 3. The number of carbonyl (C=O) groups excluding carboxylic acids is 1. The summed E-state index contributed by atoms with van der Waals surface area (Å²) < 4.78 is 13.4. The Balaban J connectivity index is 1.45. The quantitative estimate of drug-likeness (QED) is 0.617. The van der Waals surface area contributed by atoms with Crippen LogP contribution in [-0.2, 0) is 11.2 Å². The number of amides is 1. The number of imidazole rings is 1. The number of rotatable bonds is 5. The number of nitriles is 1. The molecule has 2 aromatic heterocycles. The zero-order chi connectivity index (χ0) is 24.1. The molecule has 0 spiro atoms. The molecule has 0 unspecified atom stereocenters. The van der Waals surface area contributed by atoms with E-state index in [1.165, 1.54) is 10.8 Å². The first-order chi connectivity index (χ1) is 16.4. The van der Waals surface area contributed by atoms with E-state index in [0.717, 1.165) is 5.56 Å². The van der Waals surface area contributed by atoms with Crippen molar-refractivity contribution < 1.29 is 19.4 Å². The van der Waals surface area contributed by atoms with Crippen molar-refractivity contribution in [2.24, 2.45) is 0 Å². The van der Waals surface area contributed by atoms with Gasteiger partial charge in [0.15, 0.2) is 11.5 Å². The van der Waals surface area contributed by atoms with Crippen molar-refractivity contribution in [3.8, 4) is 29.1 Å². The Kier molecular flexibility index (Phi) is 5.05. The second-order valence-electron chi connectivity index (χ2n) is 8.49. The highest BCUT2D eigenvalue weighted by molar-refractivity contribution is 5.80. The first kappa shape index (κ1) is 21.6. The van der Waals surface area contributed by atoms with Crippen molar-refractivity contribution in [1.29, 1.82) is 5.26 Å². The molecule has 2 aliphatic heterocycles. The van der Waals surface area contributed by atoms with Gasteiger partial charge in [-0.05, 0) is 42.7 Å². The Morgan fingerprint density at radius 3 is 2.71 bits per heavy atom. The standard InChI is InChI=1S/C24H23N5O5/c1-13-6-15(11-26-17(13)10-25)29-23(31)22-18-9-16(28(22)24(29)32)12-27(18)21(30)8-14-4-5-19(33-2)20(7-14)34-3/h4-7,11,16,18,31H,8-9,12H2,1-3H3/t16-,18-/m0/s1. The molecule has 1 aromatic carbocycles. The van der Waals surface area contributed by atoms with Crippen molar-refractivity contribution in [3.05, 3.63) is 63.5 Å². The average molecular weight is 461 g/mol. The summed E-state index contributed by atoms with van der Waals surface area (Å²) in [6.45, 7) is 2.12. The molecule has 0 radical (unpaired) electrons. The van der Waals surface area contributed by atoms with Gasteiger partial charge in [-0.3, -0.25) is 9.36 Å². The Labute approximate surface area is 195 Å². The van der Waals surface area contributed by atoms with Gasteiger partial charge in [0.2, 0.25) is 11.8 Å². The van der Waals surface area contributed by atoms with Gasteiger partial charge in [0.05, 0.1) is 44.6 Å². The van der Waals surface area contributed by atoms with E-state index in [9.17, 15) is 14.7 Å². The molecular weight excluding hydrogens is 438 g/mol. The van der Waals surface area contributed by atoms with Crippen molar-refractivity contribution in [2.45, 2.75) is 31.8 Å². The van der Waals surface area contributed by atoms with Gasteiger partial charge in [-0.15, -0.1) is 0 Å². The molecule has 2 atom stereocenters.